The van der Waals surface area contributed by atoms with Gasteiger partial charge in [0.15, 0.2) is 18.2 Å². The minimum Gasteiger partial charge on any atom is -0.378 e. The maximum Gasteiger partial charge on any atom is 0.325 e. The van der Waals surface area contributed by atoms with Crippen molar-refractivity contribution >= 4 is 17.9 Å². The van der Waals surface area contributed by atoms with Crippen molar-refractivity contribution in [2.45, 2.75) is 25.7 Å². The number of rotatable bonds is 2. The van der Waals surface area contributed by atoms with Crippen LogP contribution >= 0.6 is 0 Å². The van der Waals surface area contributed by atoms with Crippen molar-refractivity contribution in [3.05, 3.63) is 35.4 Å². The largest absolute Gasteiger partial charge is 0.378 e. The molecule has 2 saturated heterocycles. The molecule has 3 amide bonds. The van der Waals surface area contributed by atoms with Gasteiger partial charge in [-0.2, -0.15) is 0 Å². The first-order valence-corrected chi connectivity index (χ1v) is 8.85. The number of hydrogen-bond acceptors (Lipinski definition) is 6. The van der Waals surface area contributed by atoms with Gasteiger partial charge in [-0.1, -0.05) is 29.8 Å². The molecule has 0 aromatic heterocycles. The fourth-order valence-corrected chi connectivity index (χ4v) is 3.71. The summed E-state index contributed by atoms with van der Waals surface area (Å²) in [6, 6.07) is 7.30. The standard InChI is InChI=1S/C18H23N5O3/c1-12-4-3-5-13(10-12)11-23-14-15(21(2)18(25)20-16(14)24)19-17(23)22-6-8-26-9-7-22/h3-5,10,14-15H,6-9,11H2,1-2H3,(H,20,24,25). The van der Waals surface area contributed by atoms with E-state index >= 15 is 0 Å². The van der Waals surface area contributed by atoms with Crippen LogP contribution in [0.15, 0.2) is 29.3 Å². The van der Waals surface area contributed by atoms with Gasteiger partial charge in [-0.3, -0.25) is 10.1 Å². The van der Waals surface area contributed by atoms with E-state index in [0.717, 1.165) is 24.6 Å². The van der Waals surface area contributed by atoms with Gasteiger partial charge in [-0.15, -0.1) is 0 Å². The number of imide groups is 1. The molecule has 1 aromatic carbocycles. The third-order valence-electron chi connectivity index (χ3n) is 5.07. The molecule has 1 N–H and O–H groups in total. The number of benzene rings is 1. The van der Waals surface area contributed by atoms with Crippen LogP contribution in [0.1, 0.15) is 11.1 Å². The van der Waals surface area contributed by atoms with Gasteiger partial charge in [-0.05, 0) is 12.5 Å². The highest BCUT2D eigenvalue weighted by molar-refractivity contribution is 6.03. The van der Waals surface area contributed by atoms with E-state index in [1.807, 2.05) is 30.0 Å². The summed E-state index contributed by atoms with van der Waals surface area (Å²) in [5, 5.41) is 2.44. The van der Waals surface area contributed by atoms with Crippen LogP contribution in [0, 0.1) is 6.92 Å². The normalized spacial score (nSPS) is 25.9. The Kier molecular flexibility index (Phi) is 4.28. The fraction of sp³-hybridized carbons (Fsp3) is 0.500. The highest BCUT2D eigenvalue weighted by Crippen LogP contribution is 2.27. The Bertz CT molecular complexity index is 759. The predicted molar refractivity (Wildman–Crippen MR) is 95.4 cm³/mol. The second-order valence-electron chi connectivity index (χ2n) is 6.91. The summed E-state index contributed by atoms with van der Waals surface area (Å²) in [6.07, 6.45) is -0.501. The molecule has 2 fully saturated rings. The number of aliphatic imine (C=N–C) groups is 1. The van der Waals surface area contributed by atoms with Crippen LogP contribution in [0.3, 0.4) is 0 Å². The van der Waals surface area contributed by atoms with Crippen molar-refractivity contribution in [1.82, 2.24) is 20.0 Å². The van der Waals surface area contributed by atoms with Gasteiger partial charge in [-0.25, -0.2) is 9.79 Å². The molecular formula is C18H23N5O3. The summed E-state index contributed by atoms with van der Waals surface area (Å²) in [5.41, 5.74) is 2.28. The Morgan fingerprint density at radius 3 is 2.77 bits per heavy atom. The first kappa shape index (κ1) is 16.8. The zero-order valence-corrected chi connectivity index (χ0v) is 15.0. The van der Waals surface area contributed by atoms with E-state index in [4.69, 9.17) is 9.73 Å². The lowest BCUT2D eigenvalue weighted by Crippen LogP contribution is -2.64. The third kappa shape index (κ3) is 2.90. The van der Waals surface area contributed by atoms with E-state index in [-0.39, 0.29) is 5.91 Å². The SMILES string of the molecule is Cc1cccc(CN2C(N3CCOCC3)=NC3C2C(=O)NC(=O)N3C)c1. The highest BCUT2D eigenvalue weighted by atomic mass is 16.5. The first-order chi connectivity index (χ1) is 12.5. The quantitative estimate of drug-likeness (QED) is 0.828. The van der Waals surface area contributed by atoms with Crippen LogP contribution in [0.25, 0.3) is 0 Å². The number of likely N-dealkylation sites (N-methyl/N-ethyl adjacent to an activating group) is 1. The third-order valence-corrected chi connectivity index (χ3v) is 5.07. The van der Waals surface area contributed by atoms with E-state index in [1.165, 1.54) is 10.5 Å². The maximum atomic E-state index is 12.6. The van der Waals surface area contributed by atoms with Crippen LogP contribution in [0.2, 0.25) is 0 Å². The van der Waals surface area contributed by atoms with Crippen LogP contribution < -0.4 is 5.32 Å². The average Bonchev–Trinajstić information content (AvgIpc) is 3.00. The Balaban J connectivity index is 1.68. The minimum absolute atomic E-state index is 0.294. The summed E-state index contributed by atoms with van der Waals surface area (Å²) < 4.78 is 5.45. The molecular weight excluding hydrogens is 334 g/mol. The molecule has 3 aliphatic heterocycles. The summed E-state index contributed by atoms with van der Waals surface area (Å²) in [4.78, 5) is 35.1. The molecule has 0 radical (unpaired) electrons. The number of nitrogens with zero attached hydrogens (tertiary/aromatic N) is 4. The molecule has 1 aromatic rings. The number of urea groups is 1. The van der Waals surface area contributed by atoms with E-state index in [9.17, 15) is 9.59 Å². The number of nitrogens with one attached hydrogen (secondary N) is 1. The smallest absolute Gasteiger partial charge is 0.325 e. The number of fused-ring (bicyclic) bond motifs is 1. The lowest BCUT2D eigenvalue weighted by atomic mass is 10.1. The summed E-state index contributed by atoms with van der Waals surface area (Å²) >= 11 is 0. The van der Waals surface area contributed by atoms with Gasteiger partial charge in [0.25, 0.3) is 5.91 Å². The van der Waals surface area contributed by atoms with Gasteiger partial charge in [0.2, 0.25) is 0 Å². The Morgan fingerprint density at radius 1 is 1.27 bits per heavy atom. The van der Waals surface area contributed by atoms with Crippen molar-refractivity contribution < 1.29 is 14.3 Å². The number of hydrogen-bond donors (Lipinski definition) is 1. The first-order valence-electron chi connectivity index (χ1n) is 8.85. The summed E-state index contributed by atoms with van der Waals surface area (Å²) in [6.45, 7) is 5.33. The molecule has 138 valence electrons. The van der Waals surface area contributed by atoms with Crippen molar-refractivity contribution in [1.29, 1.82) is 0 Å². The fourth-order valence-electron chi connectivity index (χ4n) is 3.71. The van der Waals surface area contributed by atoms with Crippen molar-refractivity contribution in [2.75, 3.05) is 33.4 Å². The van der Waals surface area contributed by atoms with Crippen LogP contribution in [0.5, 0.6) is 0 Å². The lowest BCUT2D eigenvalue weighted by Gasteiger charge is -2.38. The highest BCUT2D eigenvalue weighted by Gasteiger charge is 2.49. The molecule has 0 spiro atoms. The predicted octanol–water partition coefficient (Wildman–Crippen LogP) is 0.375. The summed E-state index contributed by atoms with van der Waals surface area (Å²) in [7, 11) is 1.68. The van der Waals surface area contributed by atoms with Crippen molar-refractivity contribution in [2.24, 2.45) is 4.99 Å². The molecule has 0 aliphatic carbocycles. The van der Waals surface area contributed by atoms with E-state index in [0.29, 0.717) is 19.8 Å². The zero-order valence-electron chi connectivity index (χ0n) is 15.0. The molecule has 26 heavy (non-hydrogen) atoms. The van der Waals surface area contributed by atoms with Crippen molar-refractivity contribution in [3.63, 3.8) is 0 Å². The molecule has 3 heterocycles. The van der Waals surface area contributed by atoms with E-state index in [1.54, 1.807) is 7.05 Å². The van der Waals surface area contributed by atoms with E-state index in [2.05, 4.69) is 16.3 Å². The number of morpholine rings is 1. The summed E-state index contributed by atoms with van der Waals surface area (Å²) in [5.74, 6) is 0.472. The van der Waals surface area contributed by atoms with Gasteiger partial charge in [0.1, 0.15) is 0 Å². The van der Waals surface area contributed by atoms with Crippen LogP contribution in [-0.4, -0.2) is 78.2 Å². The molecule has 8 nitrogen and oxygen atoms in total. The second-order valence-corrected chi connectivity index (χ2v) is 6.91. The number of guanidine groups is 1. The number of amides is 3. The zero-order chi connectivity index (χ0) is 18.3. The molecule has 0 saturated carbocycles. The number of carbonyl (C=O) groups is 2. The van der Waals surface area contributed by atoms with Gasteiger partial charge in [0, 0.05) is 26.7 Å². The Hall–Kier alpha value is -2.61. The molecule has 2 atom stereocenters. The second kappa shape index (κ2) is 6.60. The topological polar surface area (TPSA) is 77.5 Å². The lowest BCUT2D eigenvalue weighted by molar-refractivity contribution is -0.127. The molecule has 3 aliphatic rings. The molecule has 4 rings (SSSR count). The average molecular weight is 357 g/mol. The van der Waals surface area contributed by atoms with Crippen molar-refractivity contribution in [3.8, 4) is 0 Å². The molecule has 8 heteroatoms. The van der Waals surface area contributed by atoms with Gasteiger partial charge < -0.3 is 19.4 Å². The monoisotopic (exact) mass is 357 g/mol. The van der Waals surface area contributed by atoms with Gasteiger partial charge in [0.05, 0.1) is 13.2 Å². The maximum absolute atomic E-state index is 12.6. The van der Waals surface area contributed by atoms with Crippen LogP contribution in [0.4, 0.5) is 4.79 Å². The minimum atomic E-state index is -0.518. The van der Waals surface area contributed by atoms with Crippen LogP contribution in [-0.2, 0) is 16.1 Å². The number of carbonyl (C=O) groups excluding carboxylic acids is 2. The van der Waals surface area contributed by atoms with E-state index < -0.39 is 18.2 Å². The molecule has 2 unspecified atom stereocenters. The Labute approximate surface area is 152 Å². The number of aryl methyl sites for hydroxylation is 1. The Morgan fingerprint density at radius 2 is 2.04 bits per heavy atom. The van der Waals surface area contributed by atoms with Gasteiger partial charge >= 0.3 is 6.03 Å². The molecule has 0 bridgehead atoms. The number of ether oxygens (including phenoxy) is 1.